The summed E-state index contributed by atoms with van der Waals surface area (Å²) in [5.41, 5.74) is 22.5. The monoisotopic (exact) mass is 1550 g/mol. The van der Waals surface area contributed by atoms with E-state index in [1.54, 1.807) is 62.3 Å². The average molecular weight is 1550 g/mol. The molecule has 109 heavy (non-hydrogen) atoms. The van der Waals surface area contributed by atoms with Gasteiger partial charge in [0.1, 0.15) is 78.3 Å². The van der Waals surface area contributed by atoms with Crippen molar-refractivity contribution in [3.63, 3.8) is 0 Å². The molecule has 0 aliphatic carbocycles. The topological polar surface area (TPSA) is 635 Å². The van der Waals surface area contributed by atoms with Crippen LogP contribution in [0.2, 0.25) is 0 Å². The van der Waals surface area contributed by atoms with Crippen LogP contribution in [0.25, 0.3) is 0 Å². The van der Waals surface area contributed by atoms with Crippen LogP contribution >= 0.6 is 0 Å². The Morgan fingerprint density at radius 3 is 1.17 bits per heavy atom. The molecule has 0 saturated heterocycles. The van der Waals surface area contributed by atoms with Gasteiger partial charge < -0.3 is 112 Å². The molecule has 1 aromatic carbocycles. The van der Waals surface area contributed by atoms with E-state index in [0.29, 0.717) is 6.42 Å². The number of hydrogen-bond acceptors (Lipinski definition) is 20. The van der Waals surface area contributed by atoms with Crippen LogP contribution in [0.3, 0.4) is 0 Å². The van der Waals surface area contributed by atoms with Gasteiger partial charge in [-0.1, -0.05) is 115 Å². The lowest BCUT2D eigenvalue weighted by Crippen LogP contribution is -2.62. The Bertz CT molecular complexity index is 3290. The molecule has 13 amide bonds. The van der Waals surface area contributed by atoms with Crippen molar-refractivity contribution in [1.82, 2.24) is 63.8 Å². The van der Waals surface area contributed by atoms with Gasteiger partial charge in [0, 0.05) is 19.4 Å². The summed E-state index contributed by atoms with van der Waals surface area (Å²) in [6, 6.07) is -15.3. The summed E-state index contributed by atoms with van der Waals surface area (Å²) in [7, 11) is 0. The Morgan fingerprint density at radius 2 is 0.743 bits per heavy atom. The number of aromatic hydroxyl groups is 1. The van der Waals surface area contributed by atoms with Crippen molar-refractivity contribution in [3.8, 4) is 5.75 Å². The lowest BCUT2D eigenvalue weighted by molar-refractivity contribution is -0.143. The quantitative estimate of drug-likeness (QED) is 0.0175. The minimum atomic E-state index is -2.03. The van der Waals surface area contributed by atoms with Crippen molar-refractivity contribution in [2.45, 2.75) is 253 Å². The van der Waals surface area contributed by atoms with E-state index < -0.39 is 230 Å². The van der Waals surface area contributed by atoms with Gasteiger partial charge in [-0.25, -0.2) is 4.79 Å². The van der Waals surface area contributed by atoms with Gasteiger partial charge in [-0.15, -0.1) is 0 Å². The molecule has 0 spiro atoms. The molecule has 14 atom stereocenters. The molecule has 1 rings (SSSR count). The van der Waals surface area contributed by atoms with E-state index >= 15 is 0 Å². The van der Waals surface area contributed by atoms with E-state index in [2.05, 4.69) is 68.8 Å². The third-order valence-electron chi connectivity index (χ3n) is 17.1. The number of nitrogens with one attached hydrogen (secondary N) is 12. The summed E-state index contributed by atoms with van der Waals surface area (Å²) < 4.78 is 0. The summed E-state index contributed by atoms with van der Waals surface area (Å²) in [6.45, 7) is 22.5. The zero-order valence-electron chi connectivity index (χ0n) is 64.8. The Balaban J connectivity index is 3.69. The fourth-order valence-electron chi connectivity index (χ4n) is 11.0. The second-order valence-corrected chi connectivity index (χ2v) is 29.5. The molecule has 0 aliphatic rings. The van der Waals surface area contributed by atoms with Crippen LogP contribution in [-0.4, -0.2) is 218 Å². The van der Waals surface area contributed by atoms with Gasteiger partial charge in [0.2, 0.25) is 76.8 Å². The number of aliphatic hydroxyl groups is 1. The normalized spacial score (nSPS) is 15.2. The van der Waals surface area contributed by atoms with E-state index in [1.807, 2.05) is 27.7 Å². The van der Waals surface area contributed by atoms with Crippen molar-refractivity contribution >= 4 is 101 Å². The highest BCUT2D eigenvalue weighted by atomic mass is 16.4. The summed E-state index contributed by atoms with van der Waals surface area (Å²) in [5, 5.41) is 79.9. The second kappa shape index (κ2) is 48.2. The number of carboxylic acids is 3. The number of carbonyl (C=O) groups excluding carboxylic acids is 13. The lowest BCUT2D eigenvalue weighted by atomic mass is 9.96. The predicted molar refractivity (Wildman–Crippen MR) is 397 cm³/mol. The average Bonchev–Trinajstić information content (AvgIpc) is 0.847. The number of phenols is 1. The number of carbonyl (C=O) groups is 16. The zero-order valence-corrected chi connectivity index (χ0v) is 64.8. The van der Waals surface area contributed by atoms with Crippen LogP contribution in [-0.2, 0) is 83.1 Å². The first-order valence-electron chi connectivity index (χ1n) is 36.5. The van der Waals surface area contributed by atoms with E-state index in [0.717, 1.165) is 0 Å². The summed E-state index contributed by atoms with van der Waals surface area (Å²) >= 11 is 0. The van der Waals surface area contributed by atoms with Crippen LogP contribution in [0.1, 0.15) is 173 Å². The molecule has 614 valence electrons. The molecule has 0 heterocycles. The number of primary amides is 1. The van der Waals surface area contributed by atoms with Crippen LogP contribution in [0, 0.1) is 41.4 Å². The van der Waals surface area contributed by atoms with E-state index in [1.165, 1.54) is 31.2 Å². The number of phenolic OH excluding ortho intramolecular Hbond substituents is 1. The van der Waals surface area contributed by atoms with Crippen molar-refractivity contribution in [3.05, 3.63) is 29.8 Å². The molecular formula is C71H119N17O21. The number of hydrogen-bond donors (Lipinski definition) is 21. The van der Waals surface area contributed by atoms with Crippen LogP contribution < -0.4 is 86.7 Å². The Kier molecular flexibility index (Phi) is 42.8. The summed E-state index contributed by atoms with van der Waals surface area (Å²) in [4.78, 5) is 222. The molecule has 1 aromatic rings. The number of rotatable bonds is 51. The number of aliphatic hydroxyl groups excluding tert-OH is 1. The number of carboxylic acid groups (broad SMARTS) is 3. The van der Waals surface area contributed by atoms with Gasteiger partial charge in [0.25, 0.3) is 0 Å². The lowest BCUT2D eigenvalue weighted by Gasteiger charge is -2.30. The van der Waals surface area contributed by atoms with E-state index in [-0.39, 0.29) is 86.0 Å². The van der Waals surface area contributed by atoms with Crippen LogP contribution in [0.5, 0.6) is 5.75 Å². The smallest absolute Gasteiger partial charge is 0.326 e. The van der Waals surface area contributed by atoms with Gasteiger partial charge in [-0.05, 0) is 104 Å². The minimum Gasteiger partial charge on any atom is -0.508 e. The van der Waals surface area contributed by atoms with Gasteiger partial charge in [-0.3, -0.25) is 76.9 Å². The summed E-state index contributed by atoms with van der Waals surface area (Å²) in [5.74, 6) is -21.4. The third-order valence-corrected chi connectivity index (χ3v) is 17.1. The molecule has 25 N–H and O–H groups in total. The Labute approximate surface area is 635 Å². The SMILES string of the molecule is CC[C@H](C)[C@H](NC(=O)[C@H](CCC(N)=O)NC(=O)[C@H](CO)NC(=O)[C@H](Cc1ccc(O)cc1)NC(=O)[C@H](CC(=O)O)NC(=O)[C@H](CC(C)C)NC(=O)[C@@H](NC(=O)[C@@H](NC(=O)[C@H](CC(C)C)NC(=O)[C@@H](N)CC(C)C)C(C)C)C(C)C)C(=O)N[C@@H](CC(=O)O)C(=O)N[C@@H](CC(C)C)C(=O)N[C@@H](CCCN=C(N)N)C(=O)O. The largest absolute Gasteiger partial charge is 0.508 e. The third kappa shape index (κ3) is 36.9. The maximum atomic E-state index is 14.5. The fourth-order valence-corrected chi connectivity index (χ4v) is 11.0. The summed E-state index contributed by atoms with van der Waals surface area (Å²) in [6.07, 6.45) is -3.52. The number of aliphatic carboxylic acids is 3. The van der Waals surface area contributed by atoms with Crippen LogP contribution in [0.15, 0.2) is 29.3 Å². The standard InChI is InChI=1S/C71H119N17O21/c1-15-39(14)57(69(107)84-50(31-54(94)95)64(102)80-45(26-34(4)5)60(98)78-44(70(108)109)17-16-24-76-71(74)75)88-59(97)43(22-23-52(73)91)77-66(104)51(32-89)85-62(100)48(29-40-18-20-41(90)21-19-40)81-63(101)49(30-53(92)93)82-61(99)46(27-35(6)7)83-67(105)55(37(10)11)87-68(106)56(38(12)13)86-65(103)47(28-36(8)9)79-58(96)42(72)25-33(2)3/h18-21,33-39,42-51,55-57,89-90H,15-17,22-32,72H2,1-14H3,(H2,73,91)(H,77,104)(H,78,98)(H,79,96)(H,80,102)(H,81,101)(H,82,99)(H,83,105)(H,84,107)(H,85,100)(H,86,103)(H,87,106)(H,88,97)(H,92,93)(H,94,95)(H,108,109)(H4,74,75,76)/t39-,42-,43-,44-,45-,46-,47-,48-,49-,50-,51-,55-,56-,57-/m0/s1. The molecule has 0 bridgehead atoms. The molecule has 0 aliphatic heterocycles. The van der Waals surface area contributed by atoms with E-state index in [4.69, 9.17) is 22.9 Å². The molecule has 0 unspecified atom stereocenters. The number of amides is 13. The van der Waals surface area contributed by atoms with Gasteiger partial charge >= 0.3 is 17.9 Å². The molecule has 0 saturated carbocycles. The first-order chi connectivity index (χ1) is 50.7. The minimum absolute atomic E-state index is 0.0250. The number of nitrogens with two attached hydrogens (primary N) is 4. The Morgan fingerprint density at radius 1 is 0.404 bits per heavy atom. The number of nitrogens with zero attached hydrogens (tertiary/aromatic N) is 1. The van der Waals surface area contributed by atoms with Crippen molar-refractivity contribution in [1.29, 1.82) is 0 Å². The molecule has 38 nitrogen and oxygen atoms in total. The first kappa shape index (κ1) is 96.7. The van der Waals surface area contributed by atoms with Crippen molar-refractivity contribution < 1.29 is 102 Å². The number of aliphatic imine (C=N–C) groups is 1. The van der Waals surface area contributed by atoms with Gasteiger partial charge in [0.05, 0.1) is 25.5 Å². The highest BCUT2D eigenvalue weighted by Gasteiger charge is 2.40. The fraction of sp³-hybridized carbons (Fsp3) is 0.676. The molecule has 0 fully saturated rings. The maximum absolute atomic E-state index is 14.5. The van der Waals surface area contributed by atoms with Gasteiger partial charge in [-0.2, -0.15) is 0 Å². The predicted octanol–water partition coefficient (Wildman–Crippen LogP) is -3.03. The number of guanidine groups is 1. The zero-order chi connectivity index (χ0) is 83.4. The maximum Gasteiger partial charge on any atom is 0.326 e. The molecule has 38 heteroatoms. The van der Waals surface area contributed by atoms with Gasteiger partial charge in [0.15, 0.2) is 5.96 Å². The van der Waals surface area contributed by atoms with Crippen molar-refractivity contribution in [2.24, 2.45) is 69.4 Å². The molecule has 0 radical (unpaired) electrons. The number of benzene rings is 1. The van der Waals surface area contributed by atoms with Crippen molar-refractivity contribution in [2.75, 3.05) is 13.2 Å². The molecular weight excluding hydrogens is 1430 g/mol. The van der Waals surface area contributed by atoms with E-state index in [9.17, 15) is 102 Å². The second-order valence-electron chi connectivity index (χ2n) is 29.5. The molecule has 0 aromatic heterocycles. The Hall–Kier alpha value is -10.3. The first-order valence-corrected chi connectivity index (χ1v) is 36.5. The highest BCUT2D eigenvalue weighted by molar-refractivity contribution is 6.01. The highest BCUT2D eigenvalue weighted by Crippen LogP contribution is 2.18. The van der Waals surface area contributed by atoms with Crippen LogP contribution in [0.4, 0.5) is 0 Å².